The lowest BCUT2D eigenvalue weighted by Gasteiger charge is -2.32. The van der Waals surface area contributed by atoms with Gasteiger partial charge in [-0.3, -0.25) is 9.89 Å². The molecule has 2 heterocycles. The summed E-state index contributed by atoms with van der Waals surface area (Å²) >= 11 is 0. The molecule has 1 N–H and O–H groups in total. The van der Waals surface area contributed by atoms with Crippen molar-refractivity contribution in [2.24, 2.45) is 16.8 Å². The Hall–Kier alpha value is -0.810. The highest BCUT2D eigenvalue weighted by molar-refractivity contribution is 5.80. The minimum absolute atomic E-state index is 0.655. The van der Waals surface area contributed by atoms with Crippen LogP contribution in [0.4, 0.5) is 0 Å². The molecule has 2 saturated heterocycles. The van der Waals surface area contributed by atoms with Crippen LogP contribution < -0.4 is 5.32 Å². The van der Waals surface area contributed by atoms with Gasteiger partial charge in [-0.2, -0.15) is 0 Å². The molecule has 0 aromatic rings. The SMILES string of the molecule is CCOCC1CCN(C(=NC)NCC2CCCN2CC2CCCCC2)C1. The molecule has 5 nitrogen and oxygen atoms in total. The Morgan fingerprint density at radius 2 is 1.88 bits per heavy atom. The van der Waals surface area contributed by atoms with E-state index in [-0.39, 0.29) is 0 Å². The second-order valence-corrected chi connectivity index (χ2v) is 8.48. The molecule has 0 amide bonds. The van der Waals surface area contributed by atoms with E-state index in [0.29, 0.717) is 12.0 Å². The second kappa shape index (κ2) is 10.5. The Morgan fingerprint density at radius 3 is 2.65 bits per heavy atom. The van der Waals surface area contributed by atoms with Crippen LogP contribution in [0.2, 0.25) is 0 Å². The van der Waals surface area contributed by atoms with E-state index >= 15 is 0 Å². The summed E-state index contributed by atoms with van der Waals surface area (Å²) in [4.78, 5) is 9.74. The van der Waals surface area contributed by atoms with Gasteiger partial charge >= 0.3 is 0 Å². The van der Waals surface area contributed by atoms with Crippen LogP contribution in [0.15, 0.2) is 4.99 Å². The first-order chi connectivity index (χ1) is 12.8. The van der Waals surface area contributed by atoms with Crippen LogP contribution in [-0.2, 0) is 4.74 Å². The van der Waals surface area contributed by atoms with E-state index in [4.69, 9.17) is 4.74 Å². The van der Waals surface area contributed by atoms with Crippen LogP contribution in [0.3, 0.4) is 0 Å². The minimum Gasteiger partial charge on any atom is -0.381 e. The number of ether oxygens (including phenoxy) is 1. The van der Waals surface area contributed by atoms with Crippen molar-refractivity contribution < 1.29 is 4.74 Å². The molecule has 3 rings (SSSR count). The largest absolute Gasteiger partial charge is 0.381 e. The average Bonchev–Trinajstić information content (AvgIpc) is 3.31. The first kappa shape index (κ1) is 19.9. The van der Waals surface area contributed by atoms with Gasteiger partial charge in [0.05, 0.1) is 6.61 Å². The summed E-state index contributed by atoms with van der Waals surface area (Å²) in [6.07, 6.45) is 11.2. The third-order valence-corrected chi connectivity index (χ3v) is 6.57. The van der Waals surface area contributed by atoms with Crippen LogP contribution >= 0.6 is 0 Å². The molecule has 2 unspecified atom stereocenters. The summed E-state index contributed by atoms with van der Waals surface area (Å²) in [6, 6.07) is 0.690. The van der Waals surface area contributed by atoms with Crippen molar-refractivity contribution in [1.82, 2.24) is 15.1 Å². The maximum Gasteiger partial charge on any atom is 0.193 e. The smallest absolute Gasteiger partial charge is 0.193 e. The maximum absolute atomic E-state index is 5.61. The van der Waals surface area contributed by atoms with Crippen LogP contribution in [0.5, 0.6) is 0 Å². The Labute approximate surface area is 160 Å². The summed E-state index contributed by atoms with van der Waals surface area (Å²) in [7, 11) is 1.92. The van der Waals surface area contributed by atoms with Gasteiger partial charge in [0.2, 0.25) is 0 Å². The van der Waals surface area contributed by atoms with Gasteiger partial charge in [0.1, 0.15) is 0 Å². The van der Waals surface area contributed by atoms with Gasteiger partial charge in [0.15, 0.2) is 5.96 Å². The number of hydrogen-bond donors (Lipinski definition) is 1. The molecule has 0 aromatic carbocycles. The molecule has 0 radical (unpaired) electrons. The molecule has 5 heteroatoms. The van der Waals surface area contributed by atoms with Crippen molar-refractivity contribution in [2.75, 3.05) is 53.0 Å². The van der Waals surface area contributed by atoms with Gasteiger partial charge < -0.3 is 15.0 Å². The van der Waals surface area contributed by atoms with E-state index in [1.807, 2.05) is 7.05 Å². The quantitative estimate of drug-likeness (QED) is 0.557. The normalized spacial score (nSPS) is 28.8. The Morgan fingerprint density at radius 1 is 1.04 bits per heavy atom. The summed E-state index contributed by atoms with van der Waals surface area (Å²) in [5.41, 5.74) is 0. The molecule has 1 saturated carbocycles. The molecular formula is C21H40N4O. The maximum atomic E-state index is 5.61. The van der Waals surface area contributed by atoms with Gasteiger partial charge in [0, 0.05) is 51.8 Å². The van der Waals surface area contributed by atoms with Crippen molar-refractivity contribution in [3.8, 4) is 0 Å². The molecule has 0 bridgehead atoms. The highest BCUT2D eigenvalue weighted by atomic mass is 16.5. The zero-order valence-electron chi connectivity index (χ0n) is 17.1. The summed E-state index contributed by atoms with van der Waals surface area (Å²) < 4.78 is 5.61. The van der Waals surface area contributed by atoms with E-state index in [9.17, 15) is 0 Å². The number of guanidine groups is 1. The lowest BCUT2D eigenvalue weighted by molar-refractivity contribution is 0.114. The second-order valence-electron chi connectivity index (χ2n) is 8.48. The summed E-state index contributed by atoms with van der Waals surface area (Å²) in [6.45, 7) is 9.64. The number of hydrogen-bond acceptors (Lipinski definition) is 3. The predicted octanol–water partition coefficient (Wildman–Crippen LogP) is 2.96. The zero-order valence-corrected chi connectivity index (χ0v) is 17.1. The van der Waals surface area contributed by atoms with E-state index < -0.39 is 0 Å². The summed E-state index contributed by atoms with van der Waals surface area (Å²) in [5.74, 6) is 2.69. The Bertz CT molecular complexity index is 436. The lowest BCUT2D eigenvalue weighted by Crippen LogP contribution is -2.47. The zero-order chi connectivity index (χ0) is 18.2. The highest BCUT2D eigenvalue weighted by Crippen LogP contribution is 2.27. The number of nitrogens with zero attached hydrogens (tertiary/aromatic N) is 3. The van der Waals surface area contributed by atoms with Crippen molar-refractivity contribution in [3.05, 3.63) is 0 Å². The molecule has 2 atom stereocenters. The van der Waals surface area contributed by atoms with Gasteiger partial charge in [-0.1, -0.05) is 19.3 Å². The van der Waals surface area contributed by atoms with Crippen molar-refractivity contribution in [3.63, 3.8) is 0 Å². The van der Waals surface area contributed by atoms with Gasteiger partial charge in [-0.25, -0.2) is 0 Å². The monoisotopic (exact) mass is 364 g/mol. The standard InChI is InChI=1S/C21H40N4O/c1-3-26-17-19-11-13-25(16-19)21(22-2)23-14-20-10-7-12-24(20)15-18-8-5-4-6-9-18/h18-20H,3-17H2,1-2H3,(H,22,23). The highest BCUT2D eigenvalue weighted by Gasteiger charge is 2.29. The topological polar surface area (TPSA) is 40.1 Å². The molecule has 0 aromatic heterocycles. The molecule has 1 aliphatic carbocycles. The van der Waals surface area contributed by atoms with Crippen LogP contribution in [0, 0.1) is 11.8 Å². The molecule has 2 aliphatic heterocycles. The molecule has 0 spiro atoms. The molecule has 150 valence electrons. The Kier molecular flexibility index (Phi) is 8.06. The van der Waals surface area contributed by atoms with Gasteiger partial charge in [0.25, 0.3) is 0 Å². The third-order valence-electron chi connectivity index (χ3n) is 6.57. The first-order valence-electron chi connectivity index (χ1n) is 11.1. The predicted molar refractivity (Wildman–Crippen MR) is 109 cm³/mol. The van der Waals surface area contributed by atoms with Crippen LogP contribution in [0.1, 0.15) is 58.3 Å². The van der Waals surface area contributed by atoms with Crippen molar-refractivity contribution >= 4 is 5.96 Å². The van der Waals surface area contributed by atoms with Gasteiger partial charge in [-0.05, 0) is 51.5 Å². The fourth-order valence-corrected chi connectivity index (χ4v) is 5.05. The first-order valence-corrected chi connectivity index (χ1v) is 11.1. The van der Waals surface area contributed by atoms with Crippen LogP contribution in [-0.4, -0.2) is 74.8 Å². The lowest BCUT2D eigenvalue weighted by atomic mass is 9.89. The van der Waals surface area contributed by atoms with Crippen molar-refractivity contribution in [2.45, 2.75) is 64.3 Å². The number of rotatable bonds is 7. The molecule has 26 heavy (non-hydrogen) atoms. The number of aliphatic imine (C=N–C) groups is 1. The van der Waals surface area contributed by atoms with E-state index in [1.165, 1.54) is 64.5 Å². The van der Waals surface area contributed by atoms with Crippen LogP contribution in [0.25, 0.3) is 0 Å². The fraction of sp³-hybridized carbons (Fsp3) is 0.952. The van der Waals surface area contributed by atoms with E-state index in [1.54, 1.807) is 0 Å². The molecule has 3 fully saturated rings. The summed E-state index contributed by atoms with van der Waals surface area (Å²) in [5, 5.41) is 3.69. The Balaban J connectivity index is 1.42. The third kappa shape index (κ3) is 5.59. The fourth-order valence-electron chi connectivity index (χ4n) is 5.05. The van der Waals surface area contributed by atoms with Crippen molar-refractivity contribution in [1.29, 1.82) is 0 Å². The molecular weight excluding hydrogens is 324 g/mol. The number of nitrogens with one attached hydrogen (secondary N) is 1. The average molecular weight is 365 g/mol. The minimum atomic E-state index is 0.655. The van der Waals surface area contributed by atoms with E-state index in [0.717, 1.165) is 44.7 Å². The molecule has 3 aliphatic rings. The van der Waals surface area contributed by atoms with E-state index in [2.05, 4.69) is 27.0 Å². The van der Waals surface area contributed by atoms with Gasteiger partial charge in [-0.15, -0.1) is 0 Å². The number of likely N-dealkylation sites (tertiary alicyclic amines) is 2.